The van der Waals surface area contributed by atoms with Gasteiger partial charge in [-0.2, -0.15) is 0 Å². The van der Waals surface area contributed by atoms with Crippen LogP contribution in [0.25, 0.3) is 0 Å². The van der Waals surface area contributed by atoms with Crippen LogP contribution in [0.4, 0.5) is 0 Å². The molecule has 1 aromatic heterocycles. The monoisotopic (exact) mass is 230 g/mol. The molecule has 0 aliphatic rings. The van der Waals surface area contributed by atoms with Gasteiger partial charge >= 0.3 is 5.97 Å². The number of aryl methyl sites for hydroxylation is 2. The van der Waals surface area contributed by atoms with Crippen LogP contribution in [-0.2, 0) is 13.0 Å². The SMILES string of the molecule is O=C(O)c1nccn1CCCc1ccccc1. The second-order valence-corrected chi connectivity index (χ2v) is 3.84. The lowest BCUT2D eigenvalue weighted by Crippen LogP contribution is -2.09. The average Bonchev–Trinajstić information content (AvgIpc) is 2.79. The zero-order valence-corrected chi connectivity index (χ0v) is 9.41. The summed E-state index contributed by atoms with van der Waals surface area (Å²) < 4.78 is 1.67. The van der Waals surface area contributed by atoms with Crippen molar-refractivity contribution in [2.75, 3.05) is 0 Å². The number of benzene rings is 1. The minimum Gasteiger partial charge on any atom is -0.475 e. The number of aromatic carboxylic acids is 1. The molecular weight excluding hydrogens is 216 g/mol. The summed E-state index contributed by atoms with van der Waals surface area (Å²) in [5, 5.41) is 8.89. The average molecular weight is 230 g/mol. The molecule has 0 radical (unpaired) electrons. The van der Waals surface area contributed by atoms with E-state index in [1.165, 1.54) is 11.8 Å². The fourth-order valence-corrected chi connectivity index (χ4v) is 1.79. The van der Waals surface area contributed by atoms with Crippen molar-refractivity contribution in [1.82, 2.24) is 9.55 Å². The maximum Gasteiger partial charge on any atom is 0.372 e. The molecule has 0 bridgehead atoms. The number of hydrogen-bond donors (Lipinski definition) is 1. The molecule has 0 aliphatic heterocycles. The highest BCUT2D eigenvalue weighted by Crippen LogP contribution is 2.05. The Morgan fingerprint density at radius 1 is 1.29 bits per heavy atom. The van der Waals surface area contributed by atoms with Crippen LogP contribution in [0.15, 0.2) is 42.7 Å². The summed E-state index contributed by atoms with van der Waals surface area (Å²) in [6.45, 7) is 0.677. The highest BCUT2D eigenvalue weighted by atomic mass is 16.4. The Morgan fingerprint density at radius 3 is 2.76 bits per heavy atom. The minimum absolute atomic E-state index is 0.109. The fourth-order valence-electron chi connectivity index (χ4n) is 1.79. The Balaban J connectivity index is 1.90. The van der Waals surface area contributed by atoms with Gasteiger partial charge in [-0.1, -0.05) is 30.3 Å². The van der Waals surface area contributed by atoms with Gasteiger partial charge in [0.25, 0.3) is 0 Å². The zero-order valence-electron chi connectivity index (χ0n) is 9.41. The Hall–Kier alpha value is -2.10. The number of carboxylic acid groups (broad SMARTS) is 1. The van der Waals surface area contributed by atoms with Gasteiger partial charge in [-0.25, -0.2) is 9.78 Å². The van der Waals surface area contributed by atoms with Crippen LogP contribution in [0.3, 0.4) is 0 Å². The van der Waals surface area contributed by atoms with E-state index in [4.69, 9.17) is 5.11 Å². The number of hydrogen-bond acceptors (Lipinski definition) is 2. The lowest BCUT2D eigenvalue weighted by Gasteiger charge is -2.04. The van der Waals surface area contributed by atoms with E-state index in [1.54, 1.807) is 10.8 Å². The summed E-state index contributed by atoms with van der Waals surface area (Å²) in [4.78, 5) is 14.6. The van der Waals surface area contributed by atoms with Gasteiger partial charge < -0.3 is 9.67 Å². The van der Waals surface area contributed by atoms with E-state index in [0.29, 0.717) is 6.54 Å². The van der Waals surface area contributed by atoms with E-state index < -0.39 is 5.97 Å². The van der Waals surface area contributed by atoms with Crippen molar-refractivity contribution in [2.24, 2.45) is 0 Å². The molecule has 88 valence electrons. The fraction of sp³-hybridized carbons (Fsp3) is 0.231. The first-order valence-electron chi connectivity index (χ1n) is 5.56. The molecule has 0 fully saturated rings. The van der Waals surface area contributed by atoms with Crippen molar-refractivity contribution in [3.05, 3.63) is 54.1 Å². The minimum atomic E-state index is -0.977. The van der Waals surface area contributed by atoms with E-state index in [1.807, 2.05) is 18.2 Å². The van der Waals surface area contributed by atoms with Crippen LogP contribution in [0.2, 0.25) is 0 Å². The van der Waals surface area contributed by atoms with Gasteiger partial charge in [0.1, 0.15) is 0 Å². The van der Waals surface area contributed by atoms with E-state index in [2.05, 4.69) is 17.1 Å². The maximum atomic E-state index is 10.8. The Morgan fingerprint density at radius 2 is 2.06 bits per heavy atom. The number of carbonyl (C=O) groups is 1. The Bertz CT molecular complexity index is 491. The Labute approximate surface area is 99.5 Å². The van der Waals surface area contributed by atoms with Crippen molar-refractivity contribution in [3.8, 4) is 0 Å². The summed E-state index contributed by atoms with van der Waals surface area (Å²) in [6.07, 6.45) is 5.07. The molecule has 0 atom stereocenters. The van der Waals surface area contributed by atoms with Gasteiger partial charge in [-0.3, -0.25) is 0 Å². The second-order valence-electron chi connectivity index (χ2n) is 3.84. The van der Waals surface area contributed by atoms with Crippen molar-refractivity contribution < 1.29 is 9.90 Å². The molecule has 0 saturated carbocycles. The van der Waals surface area contributed by atoms with Crippen molar-refractivity contribution >= 4 is 5.97 Å². The number of rotatable bonds is 5. The third-order valence-corrected chi connectivity index (χ3v) is 2.61. The first-order chi connectivity index (χ1) is 8.27. The first kappa shape index (κ1) is 11.4. The molecule has 0 unspecified atom stereocenters. The lowest BCUT2D eigenvalue weighted by atomic mass is 10.1. The normalized spacial score (nSPS) is 10.4. The van der Waals surface area contributed by atoms with E-state index in [0.717, 1.165) is 12.8 Å². The van der Waals surface area contributed by atoms with Crippen molar-refractivity contribution in [2.45, 2.75) is 19.4 Å². The molecule has 0 amide bonds. The quantitative estimate of drug-likeness (QED) is 0.856. The molecule has 1 N–H and O–H groups in total. The molecule has 0 aliphatic carbocycles. The molecule has 0 spiro atoms. The van der Waals surface area contributed by atoms with Crippen LogP contribution in [0.1, 0.15) is 22.6 Å². The molecule has 4 nitrogen and oxygen atoms in total. The zero-order chi connectivity index (χ0) is 12.1. The summed E-state index contributed by atoms with van der Waals surface area (Å²) in [7, 11) is 0. The van der Waals surface area contributed by atoms with Gasteiger partial charge in [0.2, 0.25) is 5.82 Å². The predicted octanol–water partition coefficient (Wildman–Crippen LogP) is 2.21. The molecule has 0 saturated heterocycles. The topological polar surface area (TPSA) is 55.1 Å². The molecule has 4 heteroatoms. The summed E-state index contributed by atoms with van der Waals surface area (Å²) in [6, 6.07) is 10.2. The highest BCUT2D eigenvalue weighted by molar-refractivity contribution is 5.83. The van der Waals surface area contributed by atoms with E-state index >= 15 is 0 Å². The predicted molar refractivity (Wildman–Crippen MR) is 63.9 cm³/mol. The molecular formula is C13H14N2O2. The molecule has 1 aromatic carbocycles. The number of nitrogens with zero attached hydrogens (tertiary/aromatic N) is 2. The van der Waals surface area contributed by atoms with Crippen LogP contribution in [-0.4, -0.2) is 20.6 Å². The van der Waals surface area contributed by atoms with Gasteiger partial charge in [0.15, 0.2) is 0 Å². The molecule has 1 heterocycles. The number of imidazole rings is 1. The van der Waals surface area contributed by atoms with Gasteiger partial charge in [-0.15, -0.1) is 0 Å². The van der Waals surface area contributed by atoms with Crippen molar-refractivity contribution in [3.63, 3.8) is 0 Å². The van der Waals surface area contributed by atoms with Crippen LogP contribution in [0, 0.1) is 0 Å². The summed E-state index contributed by atoms with van der Waals surface area (Å²) in [5.74, 6) is -0.868. The Kier molecular flexibility index (Phi) is 3.55. The lowest BCUT2D eigenvalue weighted by molar-refractivity contribution is 0.0678. The molecule has 17 heavy (non-hydrogen) atoms. The second kappa shape index (κ2) is 5.30. The molecule has 2 rings (SSSR count). The summed E-state index contributed by atoms with van der Waals surface area (Å²) in [5.41, 5.74) is 1.27. The van der Waals surface area contributed by atoms with Gasteiger partial charge in [0, 0.05) is 18.9 Å². The van der Waals surface area contributed by atoms with Crippen LogP contribution >= 0.6 is 0 Å². The van der Waals surface area contributed by atoms with Crippen LogP contribution < -0.4 is 0 Å². The van der Waals surface area contributed by atoms with Crippen LogP contribution in [0.5, 0.6) is 0 Å². The van der Waals surface area contributed by atoms with E-state index in [-0.39, 0.29) is 5.82 Å². The third kappa shape index (κ3) is 2.93. The smallest absolute Gasteiger partial charge is 0.372 e. The third-order valence-electron chi connectivity index (χ3n) is 2.61. The van der Waals surface area contributed by atoms with Gasteiger partial charge in [-0.05, 0) is 18.4 Å². The molecule has 2 aromatic rings. The standard InChI is InChI=1S/C13H14N2O2/c16-13(17)12-14-8-10-15(12)9-4-7-11-5-2-1-3-6-11/h1-3,5-6,8,10H,4,7,9H2,(H,16,17). The van der Waals surface area contributed by atoms with Crippen molar-refractivity contribution in [1.29, 1.82) is 0 Å². The van der Waals surface area contributed by atoms with Gasteiger partial charge in [0.05, 0.1) is 0 Å². The largest absolute Gasteiger partial charge is 0.475 e. The van der Waals surface area contributed by atoms with E-state index in [9.17, 15) is 4.79 Å². The summed E-state index contributed by atoms with van der Waals surface area (Å²) >= 11 is 0. The number of carboxylic acids is 1. The maximum absolute atomic E-state index is 10.8. The first-order valence-corrected chi connectivity index (χ1v) is 5.56. The number of aromatic nitrogens is 2. The highest BCUT2D eigenvalue weighted by Gasteiger charge is 2.09.